The second-order valence-electron chi connectivity index (χ2n) is 8.69. The number of aromatic nitrogens is 1. The molecule has 12 heteroatoms. The van der Waals surface area contributed by atoms with E-state index in [1.165, 1.54) is 26.4 Å². The molecule has 0 bridgehead atoms. The molecular formula is C28H25Cl2F2N3O4S. The average molecular weight is 608 g/mol. The molecule has 7 nitrogen and oxygen atoms in total. The Bertz CT molecular complexity index is 1620. The summed E-state index contributed by atoms with van der Waals surface area (Å²) in [6, 6.07) is 17.2. The van der Waals surface area contributed by atoms with Gasteiger partial charge in [0.25, 0.3) is 10.0 Å². The summed E-state index contributed by atoms with van der Waals surface area (Å²) in [6.07, 6.45) is 0. The second-order valence-corrected chi connectivity index (χ2v) is 11.4. The molecule has 4 aromatic rings. The molecule has 0 amide bonds. The number of sulfonamides is 1. The third kappa shape index (κ3) is 6.41. The van der Waals surface area contributed by atoms with Gasteiger partial charge in [0, 0.05) is 22.7 Å². The van der Waals surface area contributed by atoms with Gasteiger partial charge in [-0.1, -0.05) is 41.4 Å². The lowest BCUT2D eigenvalue weighted by molar-refractivity contribution is 0.391. The number of ether oxygens (including phenoxy) is 2. The minimum atomic E-state index is -4.65. The van der Waals surface area contributed by atoms with Gasteiger partial charge >= 0.3 is 0 Å². The number of pyridine rings is 1. The smallest absolute Gasteiger partial charge is 0.268 e. The molecule has 1 atom stereocenters. The fraction of sp³-hybridized carbons (Fsp3) is 0.179. The van der Waals surface area contributed by atoms with Crippen molar-refractivity contribution in [2.24, 2.45) is 0 Å². The minimum absolute atomic E-state index is 0.0324. The van der Waals surface area contributed by atoms with Crippen molar-refractivity contribution in [2.45, 2.75) is 24.4 Å². The summed E-state index contributed by atoms with van der Waals surface area (Å²) in [5.41, 5.74) is 1.45. The minimum Gasteiger partial charge on any atom is -0.497 e. The normalized spacial score (nSPS) is 12.1. The van der Waals surface area contributed by atoms with Gasteiger partial charge in [0.05, 0.1) is 31.5 Å². The van der Waals surface area contributed by atoms with Gasteiger partial charge in [0.15, 0.2) is 0 Å². The number of hydrogen-bond acceptors (Lipinski definition) is 6. The highest BCUT2D eigenvalue weighted by atomic mass is 35.5. The summed E-state index contributed by atoms with van der Waals surface area (Å²) in [7, 11) is -1.76. The third-order valence-corrected chi connectivity index (χ3v) is 8.43. The molecular weight excluding hydrogens is 583 g/mol. The largest absolute Gasteiger partial charge is 0.497 e. The van der Waals surface area contributed by atoms with E-state index in [-0.39, 0.29) is 29.1 Å². The van der Waals surface area contributed by atoms with Gasteiger partial charge in [-0.05, 0) is 61.0 Å². The molecule has 210 valence electrons. The Balaban J connectivity index is 1.74. The maximum atomic E-state index is 15.5. The Hall–Kier alpha value is -3.60. The first-order chi connectivity index (χ1) is 19.0. The van der Waals surface area contributed by atoms with Gasteiger partial charge < -0.3 is 14.8 Å². The van der Waals surface area contributed by atoms with Gasteiger partial charge in [0.2, 0.25) is 5.95 Å². The highest BCUT2D eigenvalue weighted by Crippen LogP contribution is 2.35. The molecule has 0 radical (unpaired) electrons. The van der Waals surface area contributed by atoms with Crippen LogP contribution in [-0.4, -0.2) is 27.6 Å². The summed E-state index contributed by atoms with van der Waals surface area (Å²) in [5, 5.41) is 3.62. The van der Waals surface area contributed by atoms with Crippen LogP contribution in [0.1, 0.15) is 24.1 Å². The van der Waals surface area contributed by atoms with Crippen molar-refractivity contribution in [1.82, 2.24) is 4.98 Å². The van der Waals surface area contributed by atoms with E-state index in [1.54, 1.807) is 42.5 Å². The lowest BCUT2D eigenvalue weighted by atomic mass is 10.1. The zero-order valence-corrected chi connectivity index (χ0v) is 24.0. The van der Waals surface area contributed by atoms with Crippen molar-refractivity contribution in [3.8, 4) is 11.5 Å². The van der Waals surface area contributed by atoms with E-state index in [0.717, 1.165) is 28.1 Å². The van der Waals surface area contributed by atoms with Crippen LogP contribution in [0.5, 0.6) is 11.5 Å². The number of benzene rings is 3. The van der Waals surface area contributed by atoms with Crippen molar-refractivity contribution in [3.05, 3.63) is 106 Å². The summed E-state index contributed by atoms with van der Waals surface area (Å²) >= 11 is 12.4. The third-order valence-electron chi connectivity index (χ3n) is 6.10. The maximum Gasteiger partial charge on any atom is 0.268 e. The molecule has 0 unspecified atom stereocenters. The number of hydrogen-bond donors (Lipinski definition) is 1. The zero-order valence-electron chi connectivity index (χ0n) is 21.7. The number of rotatable bonds is 10. The molecule has 0 spiro atoms. The van der Waals surface area contributed by atoms with Crippen molar-refractivity contribution in [2.75, 3.05) is 23.8 Å². The Morgan fingerprint density at radius 2 is 1.70 bits per heavy atom. The van der Waals surface area contributed by atoms with Gasteiger partial charge in [-0.3, -0.25) is 0 Å². The lowest BCUT2D eigenvalue weighted by Gasteiger charge is -2.25. The van der Waals surface area contributed by atoms with E-state index < -0.39 is 26.7 Å². The van der Waals surface area contributed by atoms with Gasteiger partial charge in [0.1, 0.15) is 28.0 Å². The Kier molecular flexibility index (Phi) is 9.02. The van der Waals surface area contributed by atoms with Crippen LogP contribution < -0.4 is 19.1 Å². The summed E-state index contributed by atoms with van der Waals surface area (Å²) < 4.78 is 68.8. The van der Waals surface area contributed by atoms with Crippen LogP contribution in [0.4, 0.5) is 20.3 Å². The average Bonchev–Trinajstić information content (AvgIpc) is 2.93. The van der Waals surface area contributed by atoms with E-state index in [9.17, 15) is 12.8 Å². The molecule has 0 saturated heterocycles. The molecule has 1 heterocycles. The van der Waals surface area contributed by atoms with Crippen LogP contribution >= 0.6 is 23.2 Å². The van der Waals surface area contributed by atoms with Crippen molar-refractivity contribution >= 4 is 44.7 Å². The van der Waals surface area contributed by atoms with Crippen molar-refractivity contribution in [3.63, 3.8) is 0 Å². The first kappa shape index (κ1) is 29.4. The van der Waals surface area contributed by atoms with Crippen molar-refractivity contribution < 1.29 is 26.7 Å². The van der Waals surface area contributed by atoms with E-state index in [4.69, 9.17) is 32.7 Å². The van der Waals surface area contributed by atoms with E-state index in [1.807, 2.05) is 6.92 Å². The monoisotopic (exact) mass is 607 g/mol. The zero-order chi connectivity index (χ0) is 29.0. The quantitative estimate of drug-likeness (QED) is 0.191. The predicted molar refractivity (Wildman–Crippen MR) is 152 cm³/mol. The number of methoxy groups -OCH3 is 2. The number of nitrogens with one attached hydrogen (secondary N) is 1. The molecule has 0 aliphatic carbocycles. The molecule has 40 heavy (non-hydrogen) atoms. The number of anilines is 2. The molecule has 0 saturated carbocycles. The molecule has 3 aromatic carbocycles. The van der Waals surface area contributed by atoms with E-state index in [0.29, 0.717) is 22.1 Å². The summed E-state index contributed by atoms with van der Waals surface area (Å²) in [4.78, 5) is 3.03. The first-order valence-electron chi connectivity index (χ1n) is 11.9. The van der Waals surface area contributed by atoms with Crippen LogP contribution in [0.15, 0.2) is 77.7 Å². The second kappa shape index (κ2) is 12.3. The number of nitrogens with zero attached hydrogens (tertiary/aromatic N) is 2. The molecule has 0 fully saturated rings. The molecule has 1 N–H and O–H groups in total. The van der Waals surface area contributed by atoms with Crippen LogP contribution in [0.25, 0.3) is 0 Å². The molecule has 0 aliphatic rings. The molecule has 1 aromatic heterocycles. The Labute approximate surface area is 241 Å². The fourth-order valence-corrected chi connectivity index (χ4v) is 5.86. The van der Waals surface area contributed by atoms with Crippen LogP contribution in [-0.2, 0) is 16.6 Å². The standard InChI is InChI=1S/C28H25Cl2F2N3O4S/c1-17(18-7-10-20(29)11-8-18)33-24-15-23(31)26(14-22(24)30)40(36,37)35(28-6-4-5-27(32)34-28)16-19-9-12-21(38-2)13-25(19)39-3/h4-15,17,33H,16H2,1-3H3/t17-/m0/s1. The summed E-state index contributed by atoms with van der Waals surface area (Å²) in [5.74, 6) is -1.43. The fourth-order valence-electron chi connectivity index (χ4n) is 3.99. The topological polar surface area (TPSA) is 80.8 Å². The Morgan fingerprint density at radius 3 is 2.35 bits per heavy atom. The molecule has 0 aliphatic heterocycles. The van der Waals surface area contributed by atoms with E-state index >= 15 is 4.39 Å². The molecule has 4 rings (SSSR count). The van der Waals surface area contributed by atoms with Gasteiger partial charge in [-0.2, -0.15) is 4.39 Å². The first-order valence-corrected chi connectivity index (χ1v) is 14.1. The van der Waals surface area contributed by atoms with Gasteiger partial charge in [-0.15, -0.1) is 0 Å². The highest BCUT2D eigenvalue weighted by Gasteiger charge is 2.31. The SMILES string of the molecule is COc1ccc(CN(c2cccc(F)n2)S(=O)(=O)c2cc(Cl)c(N[C@@H](C)c3ccc(Cl)cc3)cc2F)c(OC)c1. The lowest BCUT2D eigenvalue weighted by Crippen LogP contribution is -2.32. The van der Waals surface area contributed by atoms with Crippen LogP contribution in [0, 0.1) is 11.8 Å². The van der Waals surface area contributed by atoms with E-state index in [2.05, 4.69) is 10.3 Å². The van der Waals surface area contributed by atoms with Gasteiger partial charge in [-0.25, -0.2) is 22.1 Å². The Morgan fingerprint density at radius 1 is 0.975 bits per heavy atom. The predicted octanol–water partition coefficient (Wildman–Crippen LogP) is 7.25. The summed E-state index contributed by atoms with van der Waals surface area (Å²) in [6.45, 7) is 1.48. The van der Waals surface area contributed by atoms with Crippen LogP contribution in [0.3, 0.4) is 0 Å². The maximum absolute atomic E-state index is 15.5. The van der Waals surface area contributed by atoms with Crippen molar-refractivity contribution in [1.29, 1.82) is 0 Å². The highest BCUT2D eigenvalue weighted by molar-refractivity contribution is 7.92. The van der Waals surface area contributed by atoms with Crippen LogP contribution in [0.2, 0.25) is 10.0 Å². The number of halogens is 4.